The molecule has 1 amide bonds. The van der Waals surface area contributed by atoms with Gasteiger partial charge < -0.3 is 10.2 Å². The van der Waals surface area contributed by atoms with Gasteiger partial charge >= 0.3 is 0 Å². The minimum Gasteiger partial charge on any atom is -0.330 e. The lowest BCUT2D eigenvalue weighted by Crippen LogP contribution is -2.37. The second kappa shape index (κ2) is 5.66. The topological polar surface area (TPSA) is 78.8 Å². The summed E-state index contributed by atoms with van der Waals surface area (Å²) >= 11 is 0. The molecule has 0 saturated carbocycles. The van der Waals surface area contributed by atoms with Crippen LogP contribution in [0.25, 0.3) is 0 Å². The van der Waals surface area contributed by atoms with E-state index in [0.717, 1.165) is 16.8 Å². The first kappa shape index (κ1) is 15.5. The molecule has 0 aliphatic carbocycles. The highest BCUT2D eigenvalue weighted by Crippen LogP contribution is 2.20. The number of sulfonamides is 1. The number of hydrogen-bond acceptors (Lipinski definition) is 4. The van der Waals surface area contributed by atoms with Crippen LogP contribution in [0.1, 0.15) is 11.1 Å². The van der Waals surface area contributed by atoms with Gasteiger partial charge in [0.1, 0.15) is 5.84 Å². The number of carbonyl (C=O) groups excluding carboxylic acids is 1. The van der Waals surface area contributed by atoms with Crippen LogP contribution in [-0.4, -0.2) is 37.4 Å². The van der Waals surface area contributed by atoms with Crippen molar-refractivity contribution in [3.63, 3.8) is 0 Å². The highest BCUT2D eigenvalue weighted by atomic mass is 32.2. The van der Waals surface area contributed by atoms with Gasteiger partial charge in [0.25, 0.3) is 15.9 Å². The first-order valence-electron chi connectivity index (χ1n) is 7.22. The molecule has 1 aromatic carbocycles. The van der Waals surface area contributed by atoms with Crippen molar-refractivity contribution in [3.8, 4) is 0 Å². The van der Waals surface area contributed by atoms with Crippen LogP contribution < -0.4 is 5.32 Å². The predicted molar refractivity (Wildman–Crippen MR) is 89.7 cm³/mol. The van der Waals surface area contributed by atoms with Crippen molar-refractivity contribution < 1.29 is 13.2 Å². The third-order valence-electron chi connectivity index (χ3n) is 3.72. The molecule has 0 unspecified atom stereocenters. The SMILES string of the molecule is Cc1ccc(NC(=O)C2=CN3CCS(=O)(=O)N=C3C=C2)c(C)c1. The van der Waals surface area contributed by atoms with E-state index in [0.29, 0.717) is 18.0 Å². The second-order valence-electron chi connectivity index (χ2n) is 5.62. The van der Waals surface area contributed by atoms with Crippen LogP contribution in [-0.2, 0) is 14.8 Å². The average Bonchev–Trinajstić information content (AvgIpc) is 2.48. The summed E-state index contributed by atoms with van der Waals surface area (Å²) in [6, 6.07) is 5.81. The first-order valence-corrected chi connectivity index (χ1v) is 8.83. The largest absolute Gasteiger partial charge is 0.330 e. The zero-order chi connectivity index (χ0) is 16.6. The quantitative estimate of drug-likeness (QED) is 0.895. The lowest BCUT2D eigenvalue weighted by atomic mass is 10.1. The molecule has 23 heavy (non-hydrogen) atoms. The molecule has 0 saturated heterocycles. The summed E-state index contributed by atoms with van der Waals surface area (Å²) in [5, 5.41) is 2.88. The third kappa shape index (κ3) is 3.34. The van der Waals surface area contributed by atoms with Crippen molar-refractivity contribution in [2.24, 2.45) is 4.40 Å². The van der Waals surface area contributed by atoms with Gasteiger partial charge in [-0.05, 0) is 37.6 Å². The molecule has 6 nitrogen and oxygen atoms in total. The molecule has 1 N–H and O–H groups in total. The van der Waals surface area contributed by atoms with Crippen LogP contribution in [0, 0.1) is 13.8 Å². The van der Waals surface area contributed by atoms with E-state index in [1.165, 1.54) is 0 Å². The zero-order valence-corrected chi connectivity index (χ0v) is 13.7. The number of amidine groups is 1. The normalized spacial score (nSPS) is 18.8. The number of nitrogens with one attached hydrogen (secondary N) is 1. The number of hydrogen-bond donors (Lipinski definition) is 1. The van der Waals surface area contributed by atoms with Crippen LogP contribution >= 0.6 is 0 Å². The highest BCUT2D eigenvalue weighted by Gasteiger charge is 2.25. The molecule has 1 aromatic rings. The molecule has 7 heteroatoms. The second-order valence-corrected chi connectivity index (χ2v) is 7.37. The Kier molecular flexibility index (Phi) is 3.81. The Bertz CT molecular complexity index is 867. The minimum atomic E-state index is -3.38. The van der Waals surface area contributed by atoms with E-state index in [2.05, 4.69) is 9.71 Å². The molecular formula is C16H17N3O3S. The Labute approximate surface area is 135 Å². The Morgan fingerprint density at radius 2 is 2.04 bits per heavy atom. The van der Waals surface area contributed by atoms with Gasteiger partial charge in [-0.2, -0.15) is 0 Å². The maximum Gasteiger partial charge on any atom is 0.257 e. The van der Waals surface area contributed by atoms with E-state index < -0.39 is 10.0 Å². The number of anilines is 1. The van der Waals surface area contributed by atoms with Crippen LogP contribution in [0.15, 0.2) is 46.5 Å². The lowest BCUT2D eigenvalue weighted by Gasteiger charge is -2.27. The Balaban J connectivity index is 1.80. The minimum absolute atomic E-state index is 0.0488. The molecule has 0 radical (unpaired) electrons. The average molecular weight is 331 g/mol. The first-order chi connectivity index (χ1) is 10.8. The van der Waals surface area contributed by atoms with Crippen LogP contribution in [0.3, 0.4) is 0 Å². The predicted octanol–water partition coefficient (Wildman–Crippen LogP) is 1.74. The summed E-state index contributed by atoms with van der Waals surface area (Å²) in [6.07, 6.45) is 4.76. The smallest absolute Gasteiger partial charge is 0.257 e. The molecule has 120 valence electrons. The number of benzene rings is 1. The van der Waals surface area contributed by atoms with Gasteiger partial charge in [-0.1, -0.05) is 17.7 Å². The molecule has 0 fully saturated rings. The van der Waals surface area contributed by atoms with E-state index in [1.807, 2.05) is 32.0 Å². The number of aryl methyl sites for hydroxylation is 2. The summed E-state index contributed by atoms with van der Waals surface area (Å²) in [5.41, 5.74) is 3.34. The Morgan fingerprint density at radius 1 is 1.26 bits per heavy atom. The molecule has 0 atom stereocenters. The molecule has 2 aliphatic heterocycles. The summed E-state index contributed by atoms with van der Waals surface area (Å²) in [4.78, 5) is 14.1. The summed E-state index contributed by atoms with van der Waals surface area (Å²) in [6.45, 7) is 4.23. The molecule has 0 bridgehead atoms. The van der Waals surface area contributed by atoms with E-state index in [4.69, 9.17) is 0 Å². The van der Waals surface area contributed by atoms with Gasteiger partial charge in [-0.25, -0.2) is 8.42 Å². The van der Waals surface area contributed by atoms with Crippen LogP contribution in [0.4, 0.5) is 5.69 Å². The van der Waals surface area contributed by atoms with Gasteiger partial charge in [0.2, 0.25) is 0 Å². The lowest BCUT2D eigenvalue weighted by molar-refractivity contribution is -0.112. The fraction of sp³-hybridized carbons (Fsp3) is 0.250. The van der Waals surface area contributed by atoms with E-state index in [1.54, 1.807) is 23.3 Å². The number of amides is 1. The number of fused-ring (bicyclic) bond motifs is 1. The maximum absolute atomic E-state index is 12.4. The van der Waals surface area contributed by atoms with Gasteiger partial charge in [-0.3, -0.25) is 4.79 Å². The van der Waals surface area contributed by atoms with E-state index in [9.17, 15) is 13.2 Å². The van der Waals surface area contributed by atoms with Gasteiger partial charge in [-0.15, -0.1) is 4.40 Å². The summed E-state index contributed by atoms with van der Waals surface area (Å²) in [5.74, 6) is 0.0623. The Hall–Kier alpha value is -2.41. The summed E-state index contributed by atoms with van der Waals surface area (Å²) < 4.78 is 26.6. The van der Waals surface area contributed by atoms with E-state index >= 15 is 0 Å². The molecule has 2 heterocycles. The van der Waals surface area contributed by atoms with Crippen molar-refractivity contribution in [3.05, 3.63) is 53.3 Å². The number of carbonyl (C=O) groups is 1. The van der Waals surface area contributed by atoms with Gasteiger partial charge in [0, 0.05) is 18.4 Å². The maximum atomic E-state index is 12.4. The van der Waals surface area contributed by atoms with Crippen LogP contribution in [0.5, 0.6) is 0 Å². The van der Waals surface area contributed by atoms with Crippen molar-refractivity contribution in [1.29, 1.82) is 0 Å². The third-order valence-corrected chi connectivity index (χ3v) is 4.88. The molecule has 2 aliphatic rings. The van der Waals surface area contributed by atoms with Crippen molar-refractivity contribution >= 4 is 27.5 Å². The molecule has 0 spiro atoms. The van der Waals surface area contributed by atoms with E-state index in [-0.39, 0.29) is 11.7 Å². The van der Waals surface area contributed by atoms with Crippen LogP contribution in [0.2, 0.25) is 0 Å². The van der Waals surface area contributed by atoms with Crippen molar-refractivity contribution in [1.82, 2.24) is 4.90 Å². The van der Waals surface area contributed by atoms with Crippen molar-refractivity contribution in [2.75, 3.05) is 17.6 Å². The summed E-state index contributed by atoms with van der Waals surface area (Å²) in [7, 11) is -3.38. The standard InChI is InChI=1S/C16H17N3O3S/c1-11-3-5-14(12(2)9-11)17-16(20)13-4-6-15-18-23(21,22)8-7-19(15)10-13/h3-6,9-10H,7-8H2,1-2H3,(H,17,20). The van der Waals surface area contributed by atoms with Gasteiger partial charge in [0.05, 0.1) is 11.3 Å². The molecular weight excluding hydrogens is 314 g/mol. The monoisotopic (exact) mass is 331 g/mol. The highest BCUT2D eigenvalue weighted by molar-refractivity contribution is 7.90. The number of nitrogens with zero attached hydrogens (tertiary/aromatic N) is 2. The fourth-order valence-electron chi connectivity index (χ4n) is 2.48. The molecule has 3 rings (SSSR count). The number of rotatable bonds is 2. The zero-order valence-electron chi connectivity index (χ0n) is 12.9. The Morgan fingerprint density at radius 3 is 2.78 bits per heavy atom. The molecule has 0 aromatic heterocycles. The van der Waals surface area contributed by atoms with Crippen molar-refractivity contribution in [2.45, 2.75) is 13.8 Å². The van der Waals surface area contributed by atoms with Gasteiger partial charge in [0.15, 0.2) is 0 Å². The fourth-order valence-corrected chi connectivity index (χ4v) is 3.45.